The molecule has 2 aromatic carbocycles. The van der Waals surface area contributed by atoms with E-state index in [0.717, 1.165) is 35.0 Å². The van der Waals surface area contributed by atoms with Crippen LogP contribution in [0.2, 0.25) is 0 Å². The lowest BCUT2D eigenvalue weighted by molar-refractivity contribution is -0.105. The number of carbonyl (C=O) groups excluding carboxylic acids is 1. The van der Waals surface area contributed by atoms with E-state index in [0.29, 0.717) is 0 Å². The second-order valence-corrected chi connectivity index (χ2v) is 4.73. The Morgan fingerprint density at radius 3 is 2.32 bits per heavy atom. The Balaban J connectivity index is 1.95. The molecule has 1 nitrogen and oxygen atoms in total. The number of carbonyl (C=O) groups is 1. The van der Waals surface area contributed by atoms with Crippen molar-refractivity contribution in [1.82, 2.24) is 0 Å². The molecule has 1 atom stereocenters. The van der Waals surface area contributed by atoms with Crippen LogP contribution in [0.25, 0.3) is 5.57 Å². The third-order valence-electron chi connectivity index (χ3n) is 3.65. The molecule has 19 heavy (non-hydrogen) atoms. The van der Waals surface area contributed by atoms with Gasteiger partial charge in [-0.1, -0.05) is 42.5 Å². The number of halogens is 1. The SMILES string of the molecule is O=CC1=C(c2ccc(F)cc2)CC1c1ccccc1. The Kier molecular flexibility index (Phi) is 3.00. The van der Waals surface area contributed by atoms with Crippen LogP contribution in [0.15, 0.2) is 60.2 Å². The first kappa shape index (κ1) is 11.8. The van der Waals surface area contributed by atoms with E-state index in [1.165, 1.54) is 12.1 Å². The van der Waals surface area contributed by atoms with Gasteiger partial charge in [0, 0.05) is 11.5 Å². The van der Waals surface area contributed by atoms with E-state index in [4.69, 9.17) is 0 Å². The van der Waals surface area contributed by atoms with Gasteiger partial charge in [0.05, 0.1) is 0 Å². The van der Waals surface area contributed by atoms with Crippen LogP contribution in [-0.2, 0) is 4.79 Å². The molecule has 0 heterocycles. The number of hydrogen-bond acceptors (Lipinski definition) is 1. The van der Waals surface area contributed by atoms with Crippen LogP contribution in [0.1, 0.15) is 23.5 Å². The normalized spacial score (nSPS) is 18.1. The third kappa shape index (κ3) is 2.10. The minimum Gasteiger partial charge on any atom is -0.298 e. The molecule has 0 fully saturated rings. The van der Waals surface area contributed by atoms with Gasteiger partial charge >= 0.3 is 0 Å². The zero-order chi connectivity index (χ0) is 13.2. The Hall–Kier alpha value is -2.22. The zero-order valence-corrected chi connectivity index (χ0v) is 10.3. The lowest BCUT2D eigenvalue weighted by Gasteiger charge is -2.31. The summed E-state index contributed by atoms with van der Waals surface area (Å²) in [7, 11) is 0. The molecule has 3 rings (SSSR count). The first-order chi connectivity index (χ1) is 9.29. The molecule has 1 aliphatic carbocycles. The van der Waals surface area contributed by atoms with Gasteiger partial charge in [0.1, 0.15) is 12.1 Å². The highest BCUT2D eigenvalue weighted by Gasteiger charge is 2.30. The minimum atomic E-state index is -0.254. The quantitative estimate of drug-likeness (QED) is 0.755. The molecule has 0 saturated heterocycles. The van der Waals surface area contributed by atoms with Gasteiger partial charge in [0.15, 0.2) is 0 Å². The molecule has 0 saturated carbocycles. The second kappa shape index (κ2) is 4.81. The van der Waals surface area contributed by atoms with Gasteiger partial charge in [-0.15, -0.1) is 0 Å². The van der Waals surface area contributed by atoms with Gasteiger partial charge in [-0.05, 0) is 35.3 Å². The van der Waals surface area contributed by atoms with Crippen molar-refractivity contribution >= 4 is 11.9 Å². The van der Waals surface area contributed by atoms with E-state index in [2.05, 4.69) is 0 Å². The molecule has 0 amide bonds. The first-order valence-electron chi connectivity index (χ1n) is 6.28. The largest absolute Gasteiger partial charge is 0.298 e. The monoisotopic (exact) mass is 252 g/mol. The van der Waals surface area contributed by atoms with Gasteiger partial charge in [0.2, 0.25) is 0 Å². The van der Waals surface area contributed by atoms with Crippen molar-refractivity contribution in [1.29, 1.82) is 0 Å². The van der Waals surface area contributed by atoms with E-state index >= 15 is 0 Å². The van der Waals surface area contributed by atoms with Crippen molar-refractivity contribution in [2.45, 2.75) is 12.3 Å². The molecule has 0 aromatic heterocycles. The molecule has 1 unspecified atom stereocenters. The van der Waals surface area contributed by atoms with Crippen molar-refractivity contribution in [3.63, 3.8) is 0 Å². The Morgan fingerprint density at radius 1 is 1.00 bits per heavy atom. The average Bonchev–Trinajstić information content (AvgIpc) is 2.42. The fraction of sp³-hybridized carbons (Fsp3) is 0.118. The predicted molar refractivity (Wildman–Crippen MR) is 73.2 cm³/mol. The first-order valence-corrected chi connectivity index (χ1v) is 6.28. The van der Waals surface area contributed by atoms with E-state index < -0.39 is 0 Å². The van der Waals surface area contributed by atoms with Crippen LogP contribution in [-0.4, -0.2) is 6.29 Å². The number of allylic oxidation sites excluding steroid dienone is 2. The van der Waals surface area contributed by atoms with Crippen molar-refractivity contribution in [3.05, 3.63) is 77.1 Å². The molecular weight excluding hydrogens is 239 g/mol. The fourth-order valence-corrected chi connectivity index (χ4v) is 2.58. The summed E-state index contributed by atoms with van der Waals surface area (Å²) in [6.07, 6.45) is 1.77. The summed E-state index contributed by atoms with van der Waals surface area (Å²) in [5, 5.41) is 0. The maximum absolute atomic E-state index is 12.9. The van der Waals surface area contributed by atoms with Crippen LogP contribution in [0.4, 0.5) is 4.39 Å². The van der Waals surface area contributed by atoms with Gasteiger partial charge in [-0.3, -0.25) is 4.79 Å². The highest BCUT2D eigenvalue weighted by Crippen LogP contribution is 2.46. The zero-order valence-electron chi connectivity index (χ0n) is 10.3. The number of benzene rings is 2. The number of hydrogen-bond donors (Lipinski definition) is 0. The van der Waals surface area contributed by atoms with E-state index in [-0.39, 0.29) is 11.7 Å². The number of aldehydes is 1. The highest BCUT2D eigenvalue weighted by molar-refractivity contribution is 5.95. The van der Waals surface area contributed by atoms with Crippen LogP contribution < -0.4 is 0 Å². The van der Waals surface area contributed by atoms with Crippen molar-refractivity contribution < 1.29 is 9.18 Å². The minimum absolute atomic E-state index is 0.179. The van der Waals surface area contributed by atoms with Crippen LogP contribution >= 0.6 is 0 Å². The van der Waals surface area contributed by atoms with E-state index in [1.54, 1.807) is 12.1 Å². The average molecular weight is 252 g/mol. The molecular formula is C17H13FO. The van der Waals surface area contributed by atoms with E-state index in [9.17, 15) is 9.18 Å². The Bertz CT molecular complexity index is 626. The summed E-state index contributed by atoms with van der Waals surface area (Å²) >= 11 is 0. The summed E-state index contributed by atoms with van der Waals surface area (Å²) in [6.45, 7) is 0. The molecule has 0 radical (unpaired) electrons. The van der Waals surface area contributed by atoms with Gasteiger partial charge in [-0.2, -0.15) is 0 Å². The van der Waals surface area contributed by atoms with Crippen molar-refractivity contribution in [3.8, 4) is 0 Å². The maximum Gasteiger partial charge on any atom is 0.146 e. The van der Waals surface area contributed by atoms with Gasteiger partial charge < -0.3 is 0 Å². The second-order valence-electron chi connectivity index (χ2n) is 4.73. The summed E-state index contributed by atoms with van der Waals surface area (Å²) in [5.74, 6) is -0.0744. The highest BCUT2D eigenvalue weighted by atomic mass is 19.1. The molecule has 0 N–H and O–H groups in total. The molecule has 0 aliphatic heterocycles. The topological polar surface area (TPSA) is 17.1 Å². The third-order valence-corrected chi connectivity index (χ3v) is 3.65. The van der Waals surface area contributed by atoms with Crippen LogP contribution in [0.5, 0.6) is 0 Å². The molecule has 2 aromatic rings. The molecule has 2 heteroatoms. The maximum atomic E-state index is 12.9. The van der Waals surface area contributed by atoms with Gasteiger partial charge in [0.25, 0.3) is 0 Å². The lowest BCUT2D eigenvalue weighted by Crippen LogP contribution is -2.17. The number of rotatable bonds is 3. The van der Waals surface area contributed by atoms with Crippen molar-refractivity contribution in [2.24, 2.45) is 0 Å². The fourth-order valence-electron chi connectivity index (χ4n) is 2.58. The van der Waals surface area contributed by atoms with E-state index in [1.807, 2.05) is 30.3 Å². The molecule has 1 aliphatic rings. The smallest absolute Gasteiger partial charge is 0.146 e. The predicted octanol–water partition coefficient (Wildman–Crippen LogP) is 3.97. The summed E-state index contributed by atoms with van der Waals surface area (Å²) < 4.78 is 12.9. The molecule has 0 bridgehead atoms. The lowest BCUT2D eigenvalue weighted by atomic mass is 9.72. The van der Waals surface area contributed by atoms with Crippen molar-refractivity contribution in [2.75, 3.05) is 0 Å². The standard InChI is InChI=1S/C17H13FO/c18-14-8-6-13(7-9-14)16-10-15(17(16)11-19)12-4-2-1-3-5-12/h1-9,11,15H,10H2. The Labute approximate surface area is 111 Å². The summed E-state index contributed by atoms with van der Waals surface area (Å²) in [6, 6.07) is 16.3. The summed E-state index contributed by atoms with van der Waals surface area (Å²) in [5.41, 5.74) is 3.95. The van der Waals surface area contributed by atoms with Crippen LogP contribution in [0, 0.1) is 5.82 Å². The van der Waals surface area contributed by atoms with Crippen LogP contribution in [0.3, 0.4) is 0 Å². The molecule has 94 valence electrons. The summed E-state index contributed by atoms with van der Waals surface area (Å²) in [4.78, 5) is 11.3. The molecule has 0 spiro atoms. The Morgan fingerprint density at radius 2 is 1.68 bits per heavy atom. The van der Waals surface area contributed by atoms with Gasteiger partial charge in [-0.25, -0.2) is 4.39 Å².